The van der Waals surface area contributed by atoms with Crippen molar-refractivity contribution < 1.29 is 0 Å². The third-order valence-electron chi connectivity index (χ3n) is 17.4. The van der Waals surface area contributed by atoms with Crippen LogP contribution in [0.5, 0.6) is 0 Å². The first-order chi connectivity index (χ1) is 39.3. The second kappa shape index (κ2) is 20.0. The second-order valence-corrected chi connectivity index (χ2v) is 27.3. The van der Waals surface area contributed by atoms with Crippen LogP contribution in [0, 0.1) is 0 Å². The van der Waals surface area contributed by atoms with Crippen LogP contribution in [0.25, 0.3) is 32.3 Å². The first kappa shape index (κ1) is 53.0. The average molecular weight is 1080 g/mol. The monoisotopic (exact) mass is 1080 g/mol. The van der Waals surface area contributed by atoms with Crippen LogP contribution >= 0.6 is 11.3 Å². The highest BCUT2D eigenvalue weighted by molar-refractivity contribution is 7.33. The second-order valence-electron chi connectivity index (χ2n) is 26.2. The van der Waals surface area contributed by atoms with Crippen LogP contribution in [-0.2, 0) is 21.7 Å². The van der Waals surface area contributed by atoms with Gasteiger partial charge in [0.2, 0.25) is 0 Å². The Labute approximate surface area is 491 Å². The lowest BCUT2D eigenvalue weighted by Crippen LogP contribution is -2.60. The summed E-state index contributed by atoms with van der Waals surface area (Å²) in [5, 5.41) is 1.28. The van der Waals surface area contributed by atoms with Gasteiger partial charge in [-0.2, -0.15) is 0 Å². The summed E-state index contributed by atoms with van der Waals surface area (Å²) in [6.07, 6.45) is 0. The van der Waals surface area contributed by atoms with Gasteiger partial charge in [-0.1, -0.05) is 234 Å². The number of para-hydroxylation sites is 2. The van der Waals surface area contributed by atoms with Gasteiger partial charge in [-0.25, -0.2) is 0 Å². The smallest absolute Gasteiger partial charge is 0.264 e. The van der Waals surface area contributed by atoms with E-state index >= 15 is 0 Å². The lowest BCUT2D eigenvalue weighted by molar-refractivity contribution is 0.590. The molecule has 0 amide bonds. The lowest BCUT2D eigenvalue weighted by Gasteiger charge is -2.45. The molecule has 3 heterocycles. The van der Waals surface area contributed by atoms with Crippen molar-refractivity contribution in [2.45, 2.75) is 97.8 Å². The van der Waals surface area contributed by atoms with E-state index in [1.165, 1.54) is 92.9 Å². The van der Waals surface area contributed by atoms with E-state index in [1.807, 2.05) is 11.3 Å². The van der Waals surface area contributed by atoms with Gasteiger partial charge in [0.15, 0.2) is 0 Å². The van der Waals surface area contributed by atoms with Crippen LogP contribution in [0.1, 0.15) is 104 Å². The van der Waals surface area contributed by atoms with Crippen molar-refractivity contribution in [1.82, 2.24) is 0 Å². The van der Waals surface area contributed by atoms with Crippen LogP contribution in [-0.4, -0.2) is 6.71 Å². The molecule has 0 radical (unpaired) electrons. The normalized spacial score (nSPS) is 13.2. The van der Waals surface area contributed by atoms with E-state index in [2.05, 4.69) is 327 Å². The van der Waals surface area contributed by atoms with Crippen LogP contribution in [0.3, 0.4) is 0 Å². The summed E-state index contributed by atoms with van der Waals surface area (Å²) >= 11 is 1.97. The molecule has 404 valence electrons. The molecular formula is C77H72BN3S. The number of fused-ring (bicyclic) bond motifs is 6. The maximum atomic E-state index is 2.69. The molecule has 13 rings (SSSR count). The first-order valence-corrected chi connectivity index (χ1v) is 30.0. The SMILES string of the molecule is CC(C)(C)c1ccc(N2c3cc(C(C)(C)c4ccccc4)ccc3B3c4sc5ccc(C(C)(C)C)cc5c4N(c4ccc(C(C)(C)C)cc4-c4ccccc4)c4cc(N(c5ccccc5)c5ccccc5)cc2c43)c(-c2ccccc2)c1. The van der Waals surface area contributed by atoms with Crippen LogP contribution < -0.4 is 30.4 Å². The molecule has 0 unspecified atom stereocenters. The van der Waals surface area contributed by atoms with Crippen LogP contribution in [0.2, 0.25) is 0 Å². The van der Waals surface area contributed by atoms with E-state index < -0.39 is 0 Å². The third kappa shape index (κ3) is 9.15. The van der Waals surface area contributed by atoms with Gasteiger partial charge in [0.25, 0.3) is 6.71 Å². The minimum absolute atomic E-state index is 0.0743. The van der Waals surface area contributed by atoms with E-state index in [0.29, 0.717) is 0 Å². The largest absolute Gasteiger partial charge is 0.311 e. The fraction of sp³-hybridized carbons (Fsp3) is 0.195. The standard InChI is InChI=1S/C77H72BN3S/c1-74(2,3)54-38-42-65(61(45-54)51-27-17-12-18-28-51)80-67-48-57(77(10,11)53-31-21-14-22-32-53)37-41-64(67)78-71-68(80)49-60(79(58-33-23-15-24-34-58)59-35-25-16-26-36-59)50-69(71)81(72-63-47-56(76(7,8)9)40-44-70(63)82-73(72)78)66-43-39-55(75(4,5)6)46-62(66)52-29-19-13-20-30-52/h12-50H,1-11H3. The Morgan fingerprint density at radius 2 is 0.793 bits per heavy atom. The Bertz CT molecular complexity index is 4140. The summed E-state index contributed by atoms with van der Waals surface area (Å²) in [7, 11) is 0. The van der Waals surface area contributed by atoms with E-state index in [9.17, 15) is 0 Å². The summed E-state index contributed by atoms with van der Waals surface area (Å²) in [5.41, 5.74) is 23.6. The Morgan fingerprint density at radius 3 is 1.30 bits per heavy atom. The van der Waals surface area contributed by atoms with Gasteiger partial charge in [0.1, 0.15) is 0 Å². The fourth-order valence-electron chi connectivity index (χ4n) is 12.7. The lowest BCUT2D eigenvalue weighted by atomic mass is 9.36. The van der Waals surface area contributed by atoms with Crippen molar-refractivity contribution in [3.05, 3.63) is 264 Å². The summed E-state index contributed by atoms with van der Waals surface area (Å²) in [6, 6.07) is 89.5. The highest BCUT2D eigenvalue weighted by Gasteiger charge is 2.47. The number of benzene rings is 10. The molecule has 0 bridgehead atoms. The first-order valence-electron chi connectivity index (χ1n) is 29.2. The molecule has 3 nitrogen and oxygen atoms in total. The highest BCUT2D eigenvalue weighted by Crippen LogP contribution is 2.54. The van der Waals surface area contributed by atoms with Gasteiger partial charge in [-0.3, -0.25) is 0 Å². The zero-order valence-corrected chi connectivity index (χ0v) is 50.2. The Hall–Kier alpha value is -8.38. The van der Waals surface area contributed by atoms with Gasteiger partial charge in [-0.05, 0) is 145 Å². The summed E-state index contributed by atoms with van der Waals surface area (Å²) in [6.45, 7) is 25.7. The molecule has 5 heteroatoms. The fourth-order valence-corrected chi connectivity index (χ4v) is 14.0. The highest BCUT2D eigenvalue weighted by atomic mass is 32.1. The summed E-state index contributed by atoms with van der Waals surface area (Å²) in [5.74, 6) is 0. The molecule has 0 spiro atoms. The predicted octanol–water partition coefficient (Wildman–Crippen LogP) is 20.0. The van der Waals surface area contributed by atoms with Crippen molar-refractivity contribution in [3.63, 3.8) is 0 Å². The molecule has 82 heavy (non-hydrogen) atoms. The van der Waals surface area contributed by atoms with E-state index in [0.717, 1.165) is 34.1 Å². The van der Waals surface area contributed by atoms with Crippen molar-refractivity contribution in [3.8, 4) is 22.3 Å². The van der Waals surface area contributed by atoms with Crippen LogP contribution in [0.15, 0.2) is 237 Å². The van der Waals surface area contributed by atoms with E-state index in [-0.39, 0.29) is 28.4 Å². The molecule has 0 saturated heterocycles. The zero-order chi connectivity index (χ0) is 56.9. The van der Waals surface area contributed by atoms with Crippen molar-refractivity contribution in [1.29, 1.82) is 0 Å². The maximum Gasteiger partial charge on any atom is 0.264 e. The molecule has 2 aliphatic heterocycles. The molecule has 10 aromatic carbocycles. The predicted molar refractivity (Wildman–Crippen MR) is 356 cm³/mol. The maximum absolute atomic E-state index is 2.69. The average Bonchev–Trinajstić information content (AvgIpc) is 1.34. The quantitative estimate of drug-likeness (QED) is 0.133. The molecule has 11 aromatic rings. The molecule has 0 saturated carbocycles. The van der Waals surface area contributed by atoms with Crippen molar-refractivity contribution >= 4 is 95.0 Å². The van der Waals surface area contributed by atoms with Crippen LogP contribution in [0.4, 0.5) is 51.2 Å². The Morgan fingerprint density at radius 1 is 0.354 bits per heavy atom. The van der Waals surface area contributed by atoms with Gasteiger partial charge in [-0.15, -0.1) is 11.3 Å². The Kier molecular flexibility index (Phi) is 12.9. The topological polar surface area (TPSA) is 9.72 Å². The van der Waals surface area contributed by atoms with Gasteiger partial charge < -0.3 is 14.7 Å². The molecule has 0 atom stereocenters. The van der Waals surface area contributed by atoms with E-state index in [4.69, 9.17) is 0 Å². The molecule has 0 N–H and O–H groups in total. The van der Waals surface area contributed by atoms with Gasteiger partial charge >= 0.3 is 0 Å². The van der Waals surface area contributed by atoms with Gasteiger partial charge in [0.05, 0.1) is 22.7 Å². The van der Waals surface area contributed by atoms with E-state index in [1.54, 1.807) is 0 Å². The number of rotatable bonds is 9. The van der Waals surface area contributed by atoms with Gasteiger partial charge in [0, 0.05) is 59.8 Å². The van der Waals surface area contributed by atoms with Crippen molar-refractivity contribution in [2.24, 2.45) is 0 Å². The molecule has 0 fully saturated rings. The minimum atomic E-state index is -0.312. The van der Waals surface area contributed by atoms with Crippen molar-refractivity contribution in [2.75, 3.05) is 14.7 Å². The number of anilines is 9. The molecule has 1 aromatic heterocycles. The molecule has 0 aliphatic carbocycles. The third-order valence-corrected chi connectivity index (χ3v) is 18.6. The summed E-state index contributed by atoms with van der Waals surface area (Å²) in [4.78, 5) is 7.82. The minimum Gasteiger partial charge on any atom is -0.311 e. The Balaban J connectivity index is 1.23. The number of thiophene rings is 1. The summed E-state index contributed by atoms with van der Waals surface area (Å²) < 4.78 is 2.64. The number of hydrogen-bond donors (Lipinski definition) is 0. The zero-order valence-electron chi connectivity index (χ0n) is 49.3. The molecular weight excluding hydrogens is 1010 g/mol. The molecule has 2 aliphatic rings. The number of nitrogens with zero attached hydrogens (tertiary/aromatic N) is 3. The number of hydrogen-bond acceptors (Lipinski definition) is 4.